The summed E-state index contributed by atoms with van der Waals surface area (Å²) >= 11 is 0. The van der Waals surface area contributed by atoms with E-state index in [1.807, 2.05) is 0 Å². The van der Waals surface area contributed by atoms with Crippen LogP contribution in [0.3, 0.4) is 0 Å². The maximum atomic E-state index is 12.9. The van der Waals surface area contributed by atoms with Gasteiger partial charge in [-0.05, 0) is 48.8 Å². The zero-order valence-corrected chi connectivity index (χ0v) is 17.8. The summed E-state index contributed by atoms with van der Waals surface area (Å²) in [6.45, 7) is 6.07. The maximum Gasteiger partial charge on any atom is 0.281 e. The van der Waals surface area contributed by atoms with E-state index in [0.717, 1.165) is 6.42 Å². The first kappa shape index (κ1) is 22.1. The lowest BCUT2D eigenvalue weighted by atomic mass is 9.94. The monoisotopic (exact) mass is 427 g/mol. The van der Waals surface area contributed by atoms with Crippen LogP contribution in [0.25, 0.3) is 0 Å². The van der Waals surface area contributed by atoms with Crippen molar-refractivity contribution in [2.24, 2.45) is 11.8 Å². The van der Waals surface area contributed by atoms with Gasteiger partial charge >= 0.3 is 0 Å². The van der Waals surface area contributed by atoms with Crippen molar-refractivity contribution in [2.75, 3.05) is 26.2 Å². The molecular weight excluding hydrogens is 397 g/mol. The van der Waals surface area contributed by atoms with Crippen molar-refractivity contribution in [1.82, 2.24) is 14.1 Å². The number of hydroxylamine groups is 1. The molecule has 0 bridgehead atoms. The highest BCUT2D eigenvalue weighted by atomic mass is 32.2. The molecule has 29 heavy (non-hydrogen) atoms. The molecule has 1 aromatic rings. The summed E-state index contributed by atoms with van der Waals surface area (Å²) in [5.74, 6) is 0.0694. The first-order valence-electron chi connectivity index (χ1n) is 10.2. The van der Waals surface area contributed by atoms with Crippen LogP contribution in [0.2, 0.25) is 0 Å². The van der Waals surface area contributed by atoms with Gasteiger partial charge in [0.25, 0.3) is 10.2 Å². The molecule has 2 atom stereocenters. The van der Waals surface area contributed by atoms with Gasteiger partial charge in [0.2, 0.25) is 5.91 Å². The highest BCUT2D eigenvalue weighted by Crippen LogP contribution is 2.26. The van der Waals surface area contributed by atoms with Gasteiger partial charge in [-0.3, -0.25) is 9.63 Å². The molecule has 9 heteroatoms. The van der Waals surface area contributed by atoms with Gasteiger partial charge in [0, 0.05) is 26.2 Å². The number of rotatable bonds is 6. The molecule has 2 unspecified atom stereocenters. The van der Waals surface area contributed by atoms with Gasteiger partial charge in [-0.1, -0.05) is 26.0 Å². The van der Waals surface area contributed by atoms with E-state index in [4.69, 9.17) is 4.84 Å². The van der Waals surface area contributed by atoms with E-state index in [-0.39, 0.29) is 24.2 Å². The van der Waals surface area contributed by atoms with Crippen LogP contribution >= 0.6 is 0 Å². The molecule has 0 saturated carbocycles. The lowest BCUT2D eigenvalue weighted by Gasteiger charge is -2.39. The lowest BCUT2D eigenvalue weighted by Crippen LogP contribution is -2.52. The van der Waals surface area contributed by atoms with Crippen LogP contribution in [0.1, 0.15) is 38.7 Å². The van der Waals surface area contributed by atoms with Crippen molar-refractivity contribution in [2.45, 2.75) is 45.6 Å². The molecule has 162 valence electrons. The molecular formula is C20H30FN3O4S. The number of halogens is 1. The van der Waals surface area contributed by atoms with Crippen LogP contribution in [-0.4, -0.2) is 55.2 Å². The number of carbonyl (C=O) groups excluding carboxylic acids is 1. The average Bonchev–Trinajstić information content (AvgIpc) is 2.68. The maximum absolute atomic E-state index is 12.9. The van der Waals surface area contributed by atoms with E-state index in [0.29, 0.717) is 56.4 Å². The normalized spacial score (nSPS) is 25.1. The third-order valence-corrected chi connectivity index (χ3v) is 7.47. The van der Waals surface area contributed by atoms with Gasteiger partial charge in [-0.15, -0.1) is 0 Å². The molecule has 2 aliphatic heterocycles. The SMILES string of the molecule is CC1CC(C)CN(S(=O)(=O)N2CCC(ONC(=O)Cc3ccc(F)cc3)CC2)C1. The van der Waals surface area contributed by atoms with Crippen LogP contribution in [0.15, 0.2) is 24.3 Å². The van der Waals surface area contributed by atoms with Crippen molar-refractivity contribution in [3.63, 3.8) is 0 Å². The second-order valence-corrected chi connectivity index (χ2v) is 10.2. The number of hydrogen-bond acceptors (Lipinski definition) is 4. The number of hydrogen-bond donors (Lipinski definition) is 1. The van der Waals surface area contributed by atoms with Crippen molar-refractivity contribution >= 4 is 16.1 Å². The lowest BCUT2D eigenvalue weighted by molar-refractivity contribution is -0.139. The van der Waals surface area contributed by atoms with Gasteiger partial charge in [0.05, 0.1) is 12.5 Å². The summed E-state index contributed by atoms with van der Waals surface area (Å²) in [4.78, 5) is 17.5. The molecule has 1 N–H and O–H groups in total. The average molecular weight is 428 g/mol. The molecule has 2 aliphatic rings. The summed E-state index contributed by atoms with van der Waals surface area (Å²) in [5.41, 5.74) is 3.13. The smallest absolute Gasteiger partial charge is 0.272 e. The number of carbonyl (C=O) groups is 1. The van der Waals surface area contributed by atoms with Crippen LogP contribution in [-0.2, 0) is 26.3 Å². The highest BCUT2D eigenvalue weighted by molar-refractivity contribution is 7.86. The predicted octanol–water partition coefficient (Wildman–Crippen LogP) is 2.10. The van der Waals surface area contributed by atoms with Crippen LogP contribution in [0.4, 0.5) is 4.39 Å². The number of nitrogens with one attached hydrogen (secondary N) is 1. The third-order valence-electron chi connectivity index (χ3n) is 5.51. The van der Waals surface area contributed by atoms with Gasteiger partial charge in [0.1, 0.15) is 5.82 Å². The predicted molar refractivity (Wildman–Crippen MR) is 107 cm³/mol. The van der Waals surface area contributed by atoms with E-state index in [1.54, 1.807) is 16.4 Å². The molecule has 2 heterocycles. The molecule has 7 nitrogen and oxygen atoms in total. The molecule has 0 aliphatic carbocycles. The van der Waals surface area contributed by atoms with Crippen molar-refractivity contribution in [3.05, 3.63) is 35.6 Å². The van der Waals surface area contributed by atoms with E-state index >= 15 is 0 Å². The van der Waals surface area contributed by atoms with Gasteiger partial charge < -0.3 is 0 Å². The molecule has 2 fully saturated rings. The van der Waals surface area contributed by atoms with Gasteiger partial charge in [-0.25, -0.2) is 9.87 Å². The Balaban J connectivity index is 1.44. The Bertz CT molecular complexity index is 784. The minimum absolute atomic E-state index is 0.0961. The molecule has 2 saturated heterocycles. The Labute approximate surface area is 172 Å². The van der Waals surface area contributed by atoms with Crippen molar-refractivity contribution in [3.8, 4) is 0 Å². The molecule has 1 amide bonds. The van der Waals surface area contributed by atoms with Crippen LogP contribution in [0.5, 0.6) is 0 Å². The van der Waals surface area contributed by atoms with Gasteiger partial charge in [0.15, 0.2) is 0 Å². The second kappa shape index (κ2) is 9.51. The zero-order valence-electron chi connectivity index (χ0n) is 17.0. The Morgan fingerprint density at radius 2 is 1.69 bits per heavy atom. The standard InChI is InChI=1S/C20H30FN3O4S/c1-15-11-16(2)14-24(13-15)29(26,27)23-9-7-19(8-10-23)28-22-20(25)12-17-3-5-18(21)6-4-17/h3-6,15-16,19H,7-14H2,1-2H3,(H,22,25). The molecule has 0 spiro atoms. The number of piperidine rings is 2. The van der Waals surface area contributed by atoms with E-state index < -0.39 is 10.2 Å². The zero-order chi connectivity index (χ0) is 21.0. The first-order valence-corrected chi connectivity index (χ1v) is 11.6. The van der Waals surface area contributed by atoms with Crippen LogP contribution < -0.4 is 5.48 Å². The summed E-state index contributed by atoms with van der Waals surface area (Å²) in [5, 5.41) is 0. The van der Waals surface area contributed by atoms with Crippen LogP contribution in [0, 0.1) is 17.7 Å². The van der Waals surface area contributed by atoms with Crippen molar-refractivity contribution in [1.29, 1.82) is 0 Å². The van der Waals surface area contributed by atoms with E-state index in [1.165, 1.54) is 16.4 Å². The van der Waals surface area contributed by atoms with Crippen molar-refractivity contribution < 1.29 is 22.4 Å². The largest absolute Gasteiger partial charge is 0.281 e. The molecule has 3 rings (SSSR count). The minimum atomic E-state index is -3.46. The quantitative estimate of drug-likeness (QED) is 0.706. The Kier molecular flexibility index (Phi) is 7.26. The Morgan fingerprint density at radius 1 is 1.10 bits per heavy atom. The molecule has 0 radical (unpaired) electrons. The summed E-state index contributed by atoms with van der Waals surface area (Å²) < 4.78 is 41.9. The topological polar surface area (TPSA) is 79.0 Å². The number of amides is 1. The number of nitrogens with zero attached hydrogens (tertiary/aromatic N) is 2. The fourth-order valence-corrected chi connectivity index (χ4v) is 6.00. The Hall–Kier alpha value is -1.55. The summed E-state index contributed by atoms with van der Waals surface area (Å²) in [6.07, 6.45) is 1.97. The molecule has 0 aromatic heterocycles. The fourth-order valence-electron chi connectivity index (χ4n) is 4.11. The third kappa shape index (κ3) is 5.97. The first-order chi connectivity index (χ1) is 13.7. The summed E-state index contributed by atoms with van der Waals surface area (Å²) in [7, 11) is -3.46. The van der Waals surface area contributed by atoms with E-state index in [2.05, 4.69) is 19.3 Å². The highest BCUT2D eigenvalue weighted by Gasteiger charge is 2.36. The minimum Gasteiger partial charge on any atom is -0.272 e. The molecule has 1 aromatic carbocycles. The number of benzene rings is 1. The van der Waals surface area contributed by atoms with Gasteiger partial charge in [-0.2, -0.15) is 17.0 Å². The fraction of sp³-hybridized carbons (Fsp3) is 0.650. The Morgan fingerprint density at radius 3 is 2.28 bits per heavy atom. The van der Waals surface area contributed by atoms with E-state index in [9.17, 15) is 17.6 Å². The summed E-state index contributed by atoms with van der Waals surface area (Å²) in [6, 6.07) is 5.73. The second-order valence-electron chi connectivity index (χ2n) is 8.32.